The van der Waals surface area contributed by atoms with E-state index in [0.717, 1.165) is 52.8 Å². The average molecular weight is 347 g/mol. The van der Waals surface area contributed by atoms with Crippen LogP contribution in [0.5, 0.6) is 0 Å². The molecule has 130 valence electrons. The number of pyridine rings is 1. The summed E-state index contributed by atoms with van der Waals surface area (Å²) < 4.78 is 7.70. The molecule has 0 radical (unpaired) electrons. The van der Waals surface area contributed by atoms with Crippen molar-refractivity contribution in [2.75, 3.05) is 0 Å². The van der Waals surface area contributed by atoms with E-state index in [-0.39, 0.29) is 5.43 Å². The maximum absolute atomic E-state index is 12.6. The van der Waals surface area contributed by atoms with Crippen LogP contribution in [0.1, 0.15) is 23.4 Å². The van der Waals surface area contributed by atoms with Crippen LogP contribution in [-0.2, 0) is 13.0 Å². The number of aryl methyl sites for hydroxylation is 2. The molecular weight excluding hydrogens is 330 g/mol. The van der Waals surface area contributed by atoms with Crippen LogP contribution in [-0.4, -0.2) is 24.9 Å². The standard InChI is InChI=1S/C19H17N5O2/c1-10-6-12-9-20-22-17(12)13(7-10)19-21-18(23-26-19)16-14-4-3-5-24(14)11(2)8-15(16)25/h6-9H,3-5H2,1-2H3,(H,20,22). The molecule has 0 unspecified atom stereocenters. The molecule has 5 rings (SSSR count). The molecule has 26 heavy (non-hydrogen) atoms. The van der Waals surface area contributed by atoms with Gasteiger partial charge in [0.15, 0.2) is 5.43 Å². The van der Waals surface area contributed by atoms with Crippen molar-refractivity contribution in [3.63, 3.8) is 0 Å². The van der Waals surface area contributed by atoms with Gasteiger partial charge in [0.25, 0.3) is 5.89 Å². The number of fused-ring (bicyclic) bond motifs is 2. The molecule has 0 aliphatic carbocycles. The molecule has 4 heterocycles. The van der Waals surface area contributed by atoms with E-state index < -0.39 is 0 Å². The molecule has 7 heteroatoms. The molecule has 0 saturated heterocycles. The SMILES string of the molecule is Cc1cc(-c2nc(-c3c4n(c(C)cc3=O)CCC4)no2)c2[nH]ncc2c1. The summed E-state index contributed by atoms with van der Waals surface area (Å²) in [5, 5.41) is 12.2. The van der Waals surface area contributed by atoms with Gasteiger partial charge in [0.1, 0.15) is 0 Å². The Labute approximate surface area is 148 Å². The Morgan fingerprint density at radius 3 is 3.00 bits per heavy atom. The van der Waals surface area contributed by atoms with Crippen molar-refractivity contribution in [2.24, 2.45) is 0 Å². The summed E-state index contributed by atoms with van der Waals surface area (Å²) in [6.07, 6.45) is 3.64. The van der Waals surface area contributed by atoms with Crippen molar-refractivity contribution in [2.45, 2.75) is 33.2 Å². The quantitative estimate of drug-likeness (QED) is 0.602. The third-order valence-electron chi connectivity index (χ3n) is 5.00. The van der Waals surface area contributed by atoms with Gasteiger partial charge in [-0.2, -0.15) is 10.1 Å². The summed E-state index contributed by atoms with van der Waals surface area (Å²) in [5.74, 6) is 0.736. The number of aromatic amines is 1. The van der Waals surface area contributed by atoms with E-state index in [2.05, 4.69) is 24.9 Å². The third kappa shape index (κ3) is 2.13. The number of hydrogen-bond donors (Lipinski definition) is 1. The van der Waals surface area contributed by atoms with Crippen molar-refractivity contribution in [1.29, 1.82) is 0 Å². The van der Waals surface area contributed by atoms with Crippen LogP contribution in [0.3, 0.4) is 0 Å². The number of rotatable bonds is 2. The van der Waals surface area contributed by atoms with Crippen molar-refractivity contribution in [3.8, 4) is 22.8 Å². The highest BCUT2D eigenvalue weighted by Crippen LogP contribution is 2.30. The van der Waals surface area contributed by atoms with E-state index in [4.69, 9.17) is 4.52 Å². The van der Waals surface area contributed by atoms with E-state index in [1.165, 1.54) is 0 Å². The summed E-state index contributed by atoms with van der Waals surface area (Å²) in [6, 6.07) is 5.67. The molecule has 0 atom stereocenters. The smallest absolute Gasteiger partial charge is 0.260 e. The molecule has 0 saturated carbocycles. The summed E-state index contributed by atoms with van der Waals surface area (Å²) in [5.41, 5.74) is 5.18. The summed E-state index contributed by atoms with van der Waals surface area (Å²) in [7, 11) is 0. The number of aromatic nitrogens is 5. The number of nitrogens with one attached hydrogen (secondary N) is 1. The Kier molecular flexibility index (Phi) is 3.12. The van der Waals surface area contributed by atoms with E-state index in [1.54, 1.807) is 12.3 Å². The second-order valence-electron chi connectivity index (χ2n) is 6.80. The fourth-order valence-corrected chi connectivity index (χ4v) is 3.86. The van der Waals surface area contributed by atoms with Gasteiger partial charge in [0.05, 0.1) is 22.8 Å². The molecule has 0 amide bonds. The first kappa shape index (κ1) is 15.1. The Hall–Kier alpha value is -3.22. The molecule has 0 spiro atoms. The van der Waals surface area contributed by atoms with Gasteiger partial charge in [-0.05, 0) is 44.4 Å². The van der Waals surface area contributed by atoms with Crippen LogP contribution in [0.2, 0.25) is 0 Å². The molecule has 1 N–H and O–H groups in total. The van der Waals surface area contributed by atoms with Crippen LogP contribution in [0, 0.1) is 13.8 Å². The van der Waals surface area contributed by atoms with Gasteiger partial charge in [0.2, 0.25) is 5.82 Å². The average Bonchev–Trinajstić information content (AvgIpc) is 3.34. The van der Waals surface area contributed by atoms with Crippen LogP contribution < -0.4 is 5.43 Å². The van der Waals surface area contributed by atoms with Crippen LogP contribution in [0.15, 0.2) is 33.7 Å². The van der Waals surface area contributed by atoms with Gasteiger partial charge in [-0.25, -0.2) is 0 Å². The van der Waals surface area contributed by atoms with Gasteiger partial charge >= 0.3 is 0 Å². The molecule has 1 aliphatic heterocycles. The topological polar surface area (TPSA) is 89.6 Å². The highest BCUT2D eigenvalue weighted by atomic mass is 16.5. The minimum absolute atomic E-state index is 0.0565. The third-order valence-corrected chi connectivity index (χ3v) is 5.00. The lowest BCUT2D eigenvalue weighted by Gasteiger charge is -2.10. The van der Waals surface area contributed by atoms with Gasteiger partial charge in [0, 0.05) is 29.4 Å². The van der Waals surface area contributed by atoms with Gasteiger partial charge in [-0.3, -0.25) is 9.89 Å². The highest BCUT2D eigenvalue weighted by molar-refractivity contribution is 5.92. The van der Waals surface area contributed by atoms with Crippen molar-refractivity contribution in [3.05, 3.63) is 51.6 Å². The fraction of sp³-hybridized carbons (Fsp3) is 0.263. The van der Waals surface area contributed by atoms with Gasteiger partial charge in [-0.1, -0.05) is 5.16 Å². The Morgan fingerprint density at radius 1 is 1.23 bits per heavy atom. The zero-order valence-electron chi connectivity index (χ0n) is 14.5. The maximum atomic E-state index is 12.6. The van der Waals surface area contributed by atoms with E-state index in [0.29, 0.717) is 17.3 Å². The summed E-state index contributed by atoms with van der Waals surface area (Å²) in [6.45, 7) is 4.89. The van der Waals surface area contributed by atoms with Crippen molar-refractivity contribution in [1.82, 2.24) is 24.9 Å². The lowest BCUT2D eigenvalue weighted by atomic mass is 10.1. The predicted molar refractivity (Wildman–Crippen MR) is 96.9 cm³/mol. The van der Waals surface area contributed by atoms with Crippen molar-refractivity contribution < 1.29 is 4.52 Å². The fourth-order valence-electron chi connectivity index (χ4n) is 3.86. The Balaban J connectivity index is 1.70. The number of hydrogen-bond acceptors (Lipinski definition) is 5. The summed E-state index contributed by atoms with van der Waals surface area (Å²) in [4.78, 5) is 17.2. The van der Waals surface area contributed by atoms with Crippen LogP contribution in [0.4, 0.5) is 0 Å². The highest BCUT2D eigenvalue weighted by Gasteiger charge is 2.24. The molecule has 1 aliphatic rings. The Bertz CT molecular complexity index is 1210. The predicted octanol–water partition coefficient (Wildman–Crippen LogP) is 3.00. The summed E-state index contributed by atoms with van der Waals surface area (Å²) >= 11 is 0. The second kappa shape index (κ2) is 5.39. The van der Waals surface area contributed by atoms with Crippen LogP contribution >= 0.6 is 0 Å². The maximum Gasteiger partial charge on any atom is 0.260 e. The molecule has 3 aromatic heterocycles. The van der Waals surface area contributed by atoms with Crippen molar-refractivity contribution >= 4 is 10.9 Å². The monoisotopic (exact) mass is 347 g/mol. The first-order valence-corrected chi connectivity index (χ1v) is 8.63. The lowest BCUT2D eigenvalue weighted by Crippen LogP contribution is -2.15. The van der Waals surface area contributed by atoms with E-state index in [1.807, 2.05) is 26.0 Å². The number of benzene rings is 1. The number of H-pyrrole nitrogens is 1. The van der Waals surface area contributed by atoms with E-state index in [9.17, 15) is 4.79 Å². The molecule has 0 fully saturated rings. The molecule has 0 bridgehead atoms. The number of nitrogens with zero attached hydrogens (tertiary/aromatic N) is 4. The Morgan fingerprint density at radius 2 is 2.12 bits per heavy atom. The van der Waals surface area contributed by atoms with Gasteiger partial charge in [-0.15, -0.1) is 0 Å². The first-order chi connectivity index (χ1) is 12.6. The van der Waals surface area contributed by atoms with E-state index >= 15 is 0 Å². The molecule has 4 aromatic rings. The zero-order valence-corrected chi connectivity index (χ0v) is 14.5. The zero-order chi connectivity index (χ0) is 17.8. The van der Waals surface area contributed by atoms with Crippen LogP contribution in [0.25, 0.3) is 33.7 Å². The minimum atomic E-state index is -0.0565. The molecular formula is C19H17N5O2. The minimum Gasteiger partial charge on any atom is -0.348 e. The molecule has 7 nitrogen and oxygen atoms in total. The lowest BCUT2D eigenvalue weighted by molar-refractivity contribution is 0.432. The normalized spacial score (nSPS) is 13.5. The first-order valence-electron chi connectivity index (χ1n) is 8.63. The van der Waals surface area contributed by atoms with Gasteiger partial charge < -0.3 is 9.09 Å². The second-order valence-corrected chi connectivity index (χ2v) is 6.80. The largest absolute Gasteiger partial charge is 0.348 e. The molecule has 1 aromatic carbocycles.